The number of hydrogen-bond acceptors (Lipinski definition) is 3. The first-order valence-corrected chi connectivity index (χ1v) is 8.61. The van der Waals surface area contributed by atoms with Crippen molar-refractivity contribution in [1.29, 1.82) is 0 Å². The highest BCUT2D eigenvalue weighted by atomic mass is 32.2. The monoisotopic (exact) mass is 269 g/mol. The van der Waals surface area contributed by atoms with Gasteiger partial charge in [-0.15, -0.1) is 11.8 Å². The average molecular weight is 269 g/mol. The van der Waals surface area contributed by atoms with E-state index in [9.17, 15) is 0 Å². The van der Waals surface area contributed by atoms with Gasteiger partial charge in [0.05, 0.1) is 0 Å². The molecule has 0 heterocycles. The summed E-state index contributed by atoms with van der Waals surface area (Å²) in [7, 11) is 0. The van der Waals surface area contributed by atoms with Crippen molar-refractivity contribution in [2.24, 2.45) is 0 Å². The van der Waals surface area contributed by atoms with Gasteiger partial charge >= 0.3 is 0 Å². The Labute approximate surface area is 114 Å². The molecule has 0 saturated heterocycles. The Hall–Kier alpha value is -0.120. The molecule has 0 aliphatic heterocycles. The molecule has 96 valence electrons. The van der Waals surface area contributed by atoms with Crippen molar-refractivity contribution < 1.29 is 0 Å². The zero-order valence-electron chi connectivity index (χ0n) is 11.0. The van der Waals surface area contributed by atoms with E-state index in [-0.39, 0.29) is 0 Å². The van der Waals surface area contributed by atoms with Crippen LogP contribution in [0.4, 0.5) is 0 Å². The smallest absolute Gasteiger partial charge is 0.0291 e. The van der Waals surface area contributed by atoms with Crippen LogP contribution in [-0.2, 0) is 0 Å². The van der Waals surface area contributed by atoms with Crippen molar-refractivity contribution in [3.8, 4) is 0 Å². The Bertz CT molecular complexity index is 298. The highest BCUT2D eigenvalue weighted by molar-refractivity contribution is 7.99. The first-order chi connectivity index (χ1) is 8.27. The third-order valence-electron chi connectivity index (χ3n) is 2.74. The third kappa shape index (κ3) is 5.84. The van der Waals surface area contributed by atoms with Crippen LogP contribution in [0.15, 0.2) is 29.2 Å². The van der Waals surface area contributed by atoms with Crippen LogP contribution in [0.5, 0.6) is 0 Å². The van der Waals surface area contributed by atoms with E-state index in [0.717, 1.165) is 6.54 Å². The summed E-state index contributed by atoms with van der Waals surface area (Å²) in [5, 5.41) is 3.58. The molecule has 1 aromatic rings. The minimum absolute atomic E-state index is 0.456. The topological polar surface area (TPSA) is 12.0 Å². The zero-order valence-corrected chi connectivity index (χ0v) is 12.7. The lowest BCUT2D eigenvalue weighted by Crippen LogP contribution is -2.20. The number of rotatable bonds is 8. The van der Waals surface area contributed by atoms with Crippen LogP contribution in [-0.4, -0.2) is 24.3 Å². The molecule has 3 heteroatoms. The van der Waals surface area contributed by atoms with Gasteiger partial charge in [-0.3, -0.25) is 0 Å². The molecule has 17 heavy (non-hydrogen) atoms. The van der Waals surface area contributed by atoms with Gasteiger partial charge in [0.25, 0.3) is 0 Å². The minimum atomic E-state index is 0.456. The lowest BCUT2D eigenvalue weighted by molar-refractivity contribution is 0.572. The summed E-state index contributed by atoms with van der Waals surface area (Å²) in [6, 6.07) is 9.31. The van der Waals surface area contributed by atoms with E-state index in [1.54, 1.807) is 11.8 Å². The Morgan fingerprint density at radius 2 is 1.94 bits per heavy atom. The summed E-state index contributed by atoms with van der Waals surface area (Å²) < 4.78 is 0. The zero-order chi connectivity index (χ0) is 12.5. The van der Waals surface area contributed by atoms with Crippen LogP contribution in [0.2, 0.25) is 0 Å². The van der Waals surface area contributed by atoms with Gasteiger partial charge in [-0.25, -0.2) is 0 Å². The molecule has 1 rings (SSSR count). The molecule has 0 spiro atoms. The average Bonchev–Trinajstić information content (AvgIpc) is 2.38. The maximum absolute atomic E-state index is 3.58. The van der Waals surface area contributed by atoms with Gasteiger partial charge in [0, 0.05) is 10.9 Å². The Kier molecular flexibility index (Phi) is 7.82. The maximum atomic E-state index is 3.58. The second kappa shape index (κ2) is 8.90. The molecule has 0 bridgehead atoms. The second-order valence-corrected chi connectivity index (χ2v) is 6.27. The van der Waals surface area contributed by atoms with Crippen molar-refractivity contribution in [1.82, 2.24) is 5.32 Å². The molecule has 0 aromatic heterocycles. The van der Waals surface area contributed by atoms with Gasteiger partial charge in [0.15, 0.2) is 0 Å². The SMILES string of the molecule is CCSCCCNC(C)c1ccc(SC)cc1. The summed E-state index contributed by atoms with van der Waals surface area (Å²) in [6.07, 6.45) is 3.37. The minimum Gasteiger partial charge on any atom is -0.310 e. The van der Waals surface area contributed by atoms with E-state index in [1.165, 1.54) is 28.4 Å². The fourth-order valence-corrected chi connectivity index (χ4v) is 2.69. The van der Waals surface area contributed by atoms with Gasteiger partial charge in [0.1, 0.15) is 0 Å². The van der Waals surface area contributed by atoms with Crippen LogP contribution in [0.1, 0.15) is 31.9 Å². The Balaban J connectivity index is 2.28. The molecule has 0 aliphatic rings. The van der Waals surface area contributed by atoms with Gasteiger partial charge in [0.2, 0.25) is 0 Å². The van der Waals surface area contributed by atoms with Gasteiger partial charge in [-0.1, -0.05) is 19.1 Å². The van der Waals surface area contributed by atoms with E-state index in [4.69, 9.17) is 0 Å². The summed E-state index contributed by atoms with van der Waals surface area (Å²) in [5.41, 5.74) is 1.38. The van der Waals surface area contributed by atoms with Crippen molar-refractivity contribution in [3.05, 3.63) is 29.8 Å². The Morgan fingerprint density at radius 3 is 2.53 bits per heavy atom. The van der Waals surface area contributed by atoms with Crippen molar-refractivity contribution >= 4 is 23.5 Å². The third-order valence-corrected chi connectivity index (χ3v) is 4.47. The van der Waals surface area contributed by atoms with Gasteiger partial charge in [-0.2, -0.15) is 11.8 Å². The lowest BCUT2D eigenvalue weighted by atomic mass is 10.1. The van der Waals surface area contributed by atoms with Crippen molar-refractivity contribution in [2.45, 2.75) is 31.2 Å². The molecule has 1 aromatic carbocycles. The molecular weight excluding hydrogens is 246 g/mol. The number of nitrogens with one attached hydrogen (secondary N) is 1. The molecule has 1 N–H and O–H groups in total. The molecule has 1 nitrogen and oxygen atoms in total. The van der Waals surface area contributed by atoms with E-state index >= 15 is 0 Å². The fourth-order valence-electron chi connectivity index (χ4n) is 1.65. The van der Waals surface area contributed by atoms with E-state index in [1.807, 2.05) is 11.8 Å². The molecule has 0 radical (unpaired) electrons. The quantitative estimate of drug-likeness (QED) is 0.561. The molecule has 1 unspecified atom stereocenters. The maximum Gasteiger partial charge on any atom is 0.0291 e. The van der Waals surface area contributed by atoms with E-state index in [2.05, 4.69) is 49.7 Å². The van der Waals surface area contributed by atoms with E-state index < -0.39 is 0 Å². The highest BCUT2D eigenvalue weighted by Crippen LogP contribution is 2.18. The highest BCUT2D eigenvalue weighted by Gasteiger charge is 2.03. The summed E-state index contributed by atoms with van der Waals surface area (Å²) in [5.74, 6) is 2.49. The second-order valence-electron chi connectivity index (χ2n) is 4.00. The van der Waals surface area contributed by atoms with Gasteiger partial charge in [-0.05, 0) is 55.3 Å². The normalized spacial score (nSPS) is 12.6. The van der Waals surface area contributed by atoms with Crippen molar-refractivity contribution in [2.75, 3.05) is 24.3 Å². The Morgan fingerprint density at radius 1 is 1.24 bits per heavy atom. The predicted molar refractivity (Wildman–Crippen MR) is 82.3 cm³/mol. The first-order valence-electron chi connectivity index (χ1n) is 6.23. The van der Waals surface area contributed by atoms with Crippen LogP contribution >= 0.6 is 23.5 Å². The fraction of sp³-hybridized carbons (Fsp3) is 0.571. The molecule has 0 aliphatic carbocycles. The number of benzene rings is 1. The summed E-state index contributed by atoms with van der Waals surface area (Å²) in [6.45, 7) is 5.56. The molecule has 1 atom stereocenters. The first kappa shape index (κ1) is 14.9. The molecule has 0 fully saturated rings. The van der Waals surface area contributed by atoms with Crippen LogP contribution in [0.25, 0.3) is 0 Å². The molecule has 0 amide bonds. The molecular formula is C14H23NS2. The molecule has 0 saturated carbocycles. The van der Waals surface area contributed by atoms with Crippen LogP contribution in [0.3, 0.4) is 0 Å². The summed E-state index contributed by atoms with van der Waals surface area (Å²) in [4.78, 5) is 1.33. The number of thioether (sulfide) groups is 2. The van der Waals surface area contributed by atoms with E-state index in [0.29, 0.717) is 6.04 Å². The summed E-state index contributed by atoms with van der Waals surface area (Å²) >= 11 is 3.81. The van der Waals surface area contributed by atoms with Crippen LogP contribution < -0.4 is 5.32 Å². The number of hydrogen-bond donors (Lipinski definition) is 1. The van der Waals surface area contributed by atoms with Gasteiger partial charge < -0.3 is 5.32 Å². The largest absolute Gasteiger partial charge is 0.310 e. The lowest BCUT2D eigenvalue weighted by Gasteiger charge is -2.14. The van der Waals surface area contributed by atoms with Crippen LogP contribution in [0, 0.1) is 0 Å². The predicted octanol–water partition coefficient (Wildman–Crippen LogP) is 4.20. The van der Waals surface area contributed by atoms with Crippen molar-refractivity contribution in [3.63, 3.8) is 0 Å². The standard InChI is InChI=1S/C14H23NS2/c1-4-17-11-5-10-15-12(2)13-6-8-14(16-3)9-7-13/h6-9,12,15H,4-5,10-11H2,1-3H3.